The number of esters is 2. The number of unbranched alkanes of at least 4 members (excludes halogenated alkanes) is 2. The van der Waals surface area contributed by atoms with E-state index in [2.05, 4.69) is 26.5 Å². The zero-order chi connectivity index (χ0) is 35.4. The second kappa shape index (κ2) is 19.0. The second-order valence-electron chi connectivity index (χ2n) is 12.4. The molecule has 0 radical (unpaired) electrons. The van der Waals surface area contributed by atoms with Gasteiger partial charge in [0.2, 0.25) is 12.6 Å². The van der Waals surface area contributed by atoms with Crippen LogP contribution < -0.4 is 9.05 Å². The summed E-state index contributed by atoms with van der Waals surface area (Å²) in [5, 5.41) is 0. The van der Waals surface area contributed by atoms with Crippen molar-refractivity contribution in [1.29, 1.82) is 0 Å². The van der Waals surface area contributed by atoms with Crippen LogP contribution in [-0.4, -0.2) is 36.8 Å². The maximum absolute atomic E-state index is 14.4. The van der Waals surface area contributed by atoms with Gasteiger partial charge in [0.25, 0.3) is 0 Å². The van der Waals surface area contributed by atoms with Crippen molar-refractivity contribution in [3.63, 3.8) is 0 Å². The highest BCUT2D eigenvalue weighted by molar-refractivity contribution is 7.54. The van der Waals surface area contributed by atoms with E-state index in [9.17, 15) is 18.7 Å². The van der Waals surface area contributed by atoms with Crippen LogP contribution in [-0.2, 0) is 43.7 Å². The number of hydrogen-bond donors (Lipinski definition) is 0. The maximum atomic E-state index is 14.4. The Morgan fingerprint density at radius 3 is 1.74 bits per heavy atom. The number of carbonyl (C=O) groups excluding carboxylic acids is 2. The first kappa shape index (κ1) is 40.8. The molecule has 6 atom stereocenters. The van der Waals surface area contributed by atoms with Gasteiger partial charge in [0, 0.05) is 25.3 Å². The summed E-state index contributed by atoms with van der Waals surface area (Å²) in [6.07, 6.45) is 6.23. The predicted octanol–water partition coefficient (Wildman–Crippen LogP) is 10.3. The molecule has 12 heteroatoms. The van der Waals surface area contributed by atoms with Crippen molar-refractivity contribution >= 4 is 27.1 Å². The van der Waals surface area contributed by atoms with Crippen molar-refractivity contribution in [3.8, 4) is 11.5 Å². The van der Waals surface area contributed by atoms with Gasteiger partial charge in [-0.1, -0.05) is 57.4 Å². The maximum Gasteiger partial charge on any atom is 0.382 e. The van der Waals surface area contributed by atoms with Gasteiger partial charge in [-0.15, -0.1) is 0 Å². The van der Waals surface area contributed by atoms with E-state index in [-0.39, 0.29) is 35.7 Å². The summed E-state index contributed by atoms with van der Waals surface area (Å²) in [6.45, 7) is 19.6. The lowest BCUT2D eigenvalue weighted by atomic mass is 9.73. The van der Waals surface area contributed by atoms with Crippen molar-refractivity contribution in [2.45, 2.75) is 132 Å². The third-order valence-electron chi connectivity index (χ3n) is 7.70. The molecule has 1 aliphatic rings. The van der Waals surface area contributed by atoms with Crippen LogP contribution in [0.15, 0.2) is 35.9 Å². The Morgan fingerprint density at radius 1 is 0.851 bits per heavy atom. The molecule has 1 aliphatic carbocycles. The van der Waals surface area contributed by atoms with E-state index in [0.29, 0.717) is 24.8 Å². The van der Waals surface area contributed by atoms with Crippen LogP contribution in [0.4, 0.5) is 0 Å². The van der Waals surface area contributed by atoms with E-state index in [4.69, 9.17) is 27.6 Å². The second-order valence-corrected chi connectivity index (χ2v) is 16.5. The summed E-state index contributed by atoms with van der Waals surface area (Å²) in [5.74, 6) is -0.934. The van der Waals surface area contributed by atoms with Gasteiger partial charge in [0.05, 0.1) is 12.3 Å². The van der Waals surface area contributed by atoms with Crippen LogP contribution in [0.5, 0.6) is 11.5 Å². The molecule has 1 aromatic rings. The molecule has 10 nitrogen and oxygen atoms in total. The molecule has 0 bridgehead atoms. The van der Waals surface area contributed by atoms with E-state index >= 15 is 0 Å². The Balaban J connectivity index is 2.89. The fourth-order valence-corrected chi connectivity index (χ4v) is 9.28. The zero-order valence-corrected chi connectivity index (χ0v) is 31.6. The van der Waals surface area contributed by atoms with E-state index in [1.807, 2.05) is 32.9 Å². The Morgan fingerprint density at radius 2 is 1.34 bits per heavy atom. The van der Waals surface area contributed by atoms with Crippen LogP contribution >= 0.6 is 15.2 Å². The molecule has 0 heterocycles. The summed E-state index contributed by atoms with van der Waals surface area (Å²) >= 11 is 0. The minimum Gasteiger partial charge on any atom is -0.436 e. The highest BCUT2D eigenvalue weighted by Gasteiger charge is 2.38. The highest BCUT2D eigenvalue weighted by atomic mass is 31.2. The van der Waals surface area contributed by atoms with Crippen LogP contribution in [0, 0.1) is 5.92 Å². The predicted molar refractivity (Wildman–Crippen MR) is 185 cm³/mol. The number of aryl methyl sites for hydroxylation is 1. The third-order valence-corrected chi connectivity index (χ3v) is 11.9. The molecule has 0 fully saturated rings. The van der Waals surface area contributed by atoms with Crippen molar-refractivity contribution in [1.82, 2.24) is 0 Å². The zero-order valence-electron chi connectivity index (χ0n) is 29.8. The summed E-state index contributed by atoms with van der Waals surface area (Å²) in [6, 6.07) is 3.72. The SMILES string of the molecule is C=C(C)C1CCC(C)=CC1c1c(OP(=O)(CCC)OC(C)OC(C)=O)cc(CCCCC)cc1OP(=O)(CCC)OC(C)OC(C)=O. The average molecular weight is 699 g/mol. The van der Waals surface area contributed by atoms with Crippen molar-refractivity contribution in [2.24, 2.45) is 5.92 Å². The molecule has 6 unspecified atom stereocenters. The van der Waals surface area contributed by atoms with Gasteiger partial charge >= 0.3 is 27.1 Å². The molecule has 266 valence electrons. The molecule has 2 rings (SSSR count). The van der Waals surface area contributed by atoms with Gasteiger partial charge in [0.15, 0.2) is 0 Å². The summed E-state index contributed by atoms with van der Waals surface area (Å²) in [4.78, 5) is 23.3. The number of ether oxygens (including phenoxy) is 2. The Bertz CT molecular complexity index is 1280. The number of rotatable bonds is 20. The monoisotopic (exact) mass is 698 g/mol. The Kier molecular flexibility index (Phi) is 16.5. The topological polar surface area (TPSA) is 124 Å². The first-order valence-electron chi connectivity index (χ1n) is 16.8. The van der Waals surface area contributed by atoms with Crippen LogP contribution in [0.2, 0.25) is 0 Å². The normalized spacial score (nSPS) is 20.1. The fraction of sp³-hybridized carbons (Fsp3) is 0.657. The standard InChI is InChI=1S/C35H56O10P2/c1-11-14-15-16-30-22-33(44-46(38,19-12-2)42-28(9)40-26(7)36)35(32-21-25(6)17-18-31(32)24(4)5)34(23-30)45-47(39,20-13-3)43-29(10)41-27(8)37/h21-23,28-29,31-32H,4,11-20H2,1-3,5-10H3. The van der Waals surface area contributed by atoms with Crippen LogP contribution in [0.3, 0.4) is 0 Å². The molecule has 0 saturated heterocycles. The summed E-state index contributed by atoms with van der Waals surface area (Å²) in [7, 11) is -7.80. The quantitative estimate of drug-likeness (QED) is 0.0427. The third kappa shape index (κ3) is 13.2. The average Bonchev–Trinajstić information content (AvgIpc) is 2.91. The van der Waals surface area contributed by atoms with E-state index in [1.165, 1.54) is 27.7 Å². The molecule has 0 N–H and O–H groups in total. The molecular formula is C35H56O10P2. The van der Waals surface area contributed by atoms with E-state index < -0.39 is 39.7 Å². The number of carbonyl (C=O) groups is 2. The number of benzene rings is 1. The van der Waals surface area contributed by atoms with Crippen molar-refractivity contribution < 1.29 is 46.3 Å². The molecular weight excluding hydrogens is 642 g/mol. The summed E-state index contributed by atoms with van der Waals surface area (Å²) in [5.41, 5.74) is 3.50. The lowest BCUT2D eigenvalue weighted by Gasteiger charge is -2.34. The summed E-state index contributed by atoms with van der Waals surface area (Å²) < 4.78 is 63.6. The molecule has 47 heavy (non-hydrogen) atoms. The van der Waals surface area contributed by atoms with Crippen molar-refractivity contribution in [3.05, 3.63) is 47.1 Å². The van der Waals surface area contributed by atoms with Crippen molar-refractivity contribution in [2.75, 3.05) is 12.3 Å². The lowest BCUT2D eigenvalue weighted by Crippen LogP contribution is -2.21. The molecule has 0 aromatic heterocycles. The molecule has 0 amide bonds. The Hall–Kier alpha value is -2.38. The molecule has 0 aliphatic heterocycles. The molecule has 0 spiro atoms. The first-order valence-corrected chi connectivity index (χ1v) is 20.3. The van der Waals surface area contributed by atoms with Gasteiger partial charge in [0.1, 0.15) is 11.5 Å². The highest BCUT2D eigenvalue weighted by Crippen LogP contribution is 2.58. The van der Waals surface area contributed by atoms with Gasteiger partial charge < -0.3 is 18.5 Å². The van der Waals surface area contributed by atoms with Crippen LogP contribution in [0.25, 0.3) is 0 Å². The fourth-order valence-electron chi connectivity index (χ4n) is 5.81. The smallest absolute Gasteiger partial charge is 0.382 e. The largest absolute Gasteiger partial charge is 0.436 e. The van der Waals surface area contributed by atoms with E-state index in [0.717, 1.165) is 48.8 Å². The molecule has 0 saturated carbocycles. The minimum atomic E-state index is -3.90. The van der Waals surface area contributed by atoms with Gasteiger partial charge in [-0.25, -0.2) is 9.13 Å². The lowest BCUT2D eigenvalue weighted by molar-refractivity contribution is -0.160. The van der Waals surface area contributed by atoms with Gasteiger partial charge in [-0.05, 0) is 89.8 Å². The van der Waals surface area contributed by atoms with Gasteiger partial charge in [-0.3, -0.25) is 18.6 Å². The van der Waals surface area contributed by atoms with Gasteiger partial charge in [-0.2, -0.15) is 0 Å². The minimum absolute atomic E-state index is 0.0211. The number of allylic oxidation sites excluding steroid dienone is 3. The Labute approximate surface area is 282 Å². The first-order chi connectivity index (χ1) is 22.0. The number of hydrogen-bond acceptors (Lipinski definition) is 10. The van der Waals surface area contributed by atoms with E-state index in [1.54, 1.807) is 0 Å². The molecule has 1 aromatic carbocycles. The van der Waals surface area contributed by atoms with Crippen LogP contribution in [0.1, 0.15) is 124 Å².